The van der Waals surface area contributed by atoms with Crippen LogP contribution in [0, 0.1) is 5.41 Å². The molecule has 0 aromatic carbocycles. The first-order valence-electron chi connectivity index (χ1n) is 38.4. The SMILES string of the molecule is CCCCCCCCCCCCCCCCCOC(=O)CC(COC(=O)CCCCCCCCCCCCCCCCC)(COC(=O)CCCCCCCCCCCCCCCCC)COC(=O)CCCCCCCCCCCCCCCCC. The number of esters is 4. The van der Waals surface area contributed by atoms with Crippen LogP contribution in [0.15, 0.2) is 0 Å². The van der Waals surface area contributed by atoms with Crippen molar-refractivity contribution in [2.45, 2.75) is 439 Å². The van der Waals surface area contributed by atoms with Gasteiger partial charge in [-0.1, -0.05) is 387 Å². The van der Waals surface area contributed by atoms with Gasteiger partial charge in [-0.2, -0.15) is 0 Å². The Morgan fingerprint density at radius 3 is 0.553 bits per heavy atom. The quantitative estimate of drug-likeness (QED) is 0.0337. The lowest BCUT2D eigenvalue weighted by Crippen LogP contribution is -2.41. The van der Waals surface area contributed by atoms with Gasteiger partial charge in [-0.25, -0.2) is 0 Å². The highest BCUT2D eigenvalue weighted by molar-refractivity contribution is 5.72. The minimum Gasteiger partial charge on any atom is -0.466 e. The highest BCUT2D eigenvalue weighted by Gasteiger charge is 2.39. The zero-order chi connectivity index (χ0) is 61.7. The molecule has 0 unspecified atom stereocenters. The van der Waals surface area contributed by atoms with E-state index in [1.165, 1.54) is 308 Å². The van der Waals surface area contributed by atoms with E-state index >= 15 is 0 Å². The van der Waals surface area contributed by atoms with Gasteiger partial charge >= 0.3 is 23.9 Å². The van der Waals surface area contributed by atoms with Gasteiger partial charge in [-0.05, 0) is 25.7 Å². The molecular formula is C77H148O8. The number of carbonyl (C=O) groups is 4. The molecule has 0 aliphatic rings. The Bertz CT molecular complexity index is 1260. The van der Waals surface area contributed by atoms with E-state index in [0.29, 0.717) is 6.61 Å². The number of carbonyl (C=O) groups excluding carboxylic acids is 4. The van der Waals surface area contributed by atoms with Crippen LogP contribution >= 0.6 is 0 Å². The molecule has 504 valence electrons. The summed E-state index contributed by atoms with van der Waals surface area (Å²) in [6, 6.07) is 0. The number of rotatable bonds is 72. The number of hydrogen-bond donors (Lipinski definition) is 0. The standard InChI is InChI=1S/C77H148O8/c1-5-9-13-17-21-25-29-33-37-41-45-49-53-57-61-65-73(78)83-70-77(69-76(81)82-68-64-60-56-52-48-44-40-36-32-28-24-20-16-12-8-4,71-84-74(79)66-62-58-54-50-46-42-38-34-30-26-22-18-14-10-6-2)72-85-75(80)67-63-59-55-51-47-43-39-35-31-27-23-19-15-11-7-3/h5-72H2,1-4H3. The van der Waals surface area contributed by atoms with Crippen LogP contribution < -0.4 is 0 Å². The van der Waals surface area contributed by atoms with Gasteiger partial charge < -0.3 is 18.9 Å². The van der Waals surface area contributed by atoms with Crippen LogP contribution in [0.4, 0.5) is 0 Å². The Labute approximate surface area is 530 Å². The first-order valence-corrected chi connectivity index (χ1v) is 38.4. The van der Waals surface area contributed by atoms with Gasteiger partial charge in [0.2, 0.25) is 0 Å². The molecule has 0 saturated carbocycles. The largest absolute Gasteiger partial charge is 0.466 e. The van der Waals surface area contributed by atoms with Gasteiger partial charge in [0.1, 0.15) is 19.8 Å². The van der Waals surface area contributed by atoms with Gasteiger partial charge in [0.15, 0.2) is 0 Å². The van der Waals surface area contributed by atoms with Crippen LogP contribution in [-0.2, 0) is 38.1 Å². The second kappa shape index (κ2) is 69.4. The predicted molar refractivity (Wildman–Crippen MR) is 364 cm³/mol. The van der Waals surface area contributed by atoms with Crippen LogP contribution in [0.2, 0.25) is 0 Å². The van der Waals surface area contributed by atoms with Crippen LogP contribution in [-0.4, -0.2) is 50.3 Å². The maximum atomic E-state index is 13.8. The molecule has 0 amide bonds. The zero-order valence-electron chi connectivity index (χ0n) is 57.8. The minimum absolute atomic E-state index is 0.170. The summed E-state index contributed by atoms with van der Waals surface area (Å²) in [5, 5.41) is 0. The normalized spacial score (nSPS) is 11.6. The van der Waals surface area contributed by atoms with Crippen molar-refractivity contribution in [3.8, 4) is 0 Å². The molecule has 0 aromatic heterocycles. The lowest BCUT2D eigenvalue weighted by molar-refractivity contribution is -0.169. The third kappa shape index (κ3) is 64.7. The molecule has 0 rings (SSSR count). The van der Waals surface area contributed by atoms with E-state index in [1.807, 2.05) is 0 Å². The summed E-state index contributed by atoms with van der Waals surface area (Å²) < 4.78 is 23.8. The summed E-state index contributed by atoms with van der Waals surface area (Å²) in [7, 11) is 0. The van der Waals surface area contributed by atoms with Crippen LogP contribution in [0.5, 0.6) is 0 Å². The molecule has 8 heteroatoms. The topological polar surface area (TPSA) is 105 Å². The monoisotopic (exact) mass is 1200 g/mol. The molecule has 0 radical (unpaired) electrons. The van der Waals surface area contributed by atoms with E-state index in [2.05, 4.69) is 27.7 Å². The van der Waals surface area contributed by atoms with Crippen LogP contribution in [0.3, 0.4) is 0 Å². The molecule has 0 aliphatic heterocycles. The zero-order valence-corrected chi connectivity index (χ0v) is 57.8. The van der Waals surface area contributed by atoms with E-state index < -0.39 is 11.4 Å². The van der Waals surface area contributed by atoms with Crippen molar-refractivity contribution in [3.05, 3.63) is 0 Å². The molecule has 0 N–H and O–H groups in total. The third-order valence-corrected chi connectivity index (χ3v) is 18.1. The molecule has 0 spiro atoms. The van der Waals surface area contributed by atoms with E-state index in [1.54, 1.807) is 0 Å². The van der Waals surface area contributed by atoms with Crippen molar-refractivity contribution in [1.29, 1.82) is 0 Å². The molecule has 0 heterocycles. The Morgan fingerprint density at radius 1 is 0.200 bits per heavy atom. The van der Waals surface area contributed by atoms with Crippen LogP contribution in [0.1, 0.15) is 439 Å². The van der Waals surface area contributed by atoms with E-state index in [4.69, 9.17) is 18.9 Å². The van der Waals surface area contributed by atoms with Gasteiger partial charge in [-0.3, -0.25) is 19.2 Å². The maximum absolute atomic E-state index is 13.8. The van der Waals surface area contributed by atoms with Crippen molar-refractivity contribution in [2.75, 3.05) is 26.4 Å². The maximum Gasteiger partial charge on any atom is 0.306 e. The Morgan fingerprint density at radius 2 is 0.365 bits per heavy atom. The Balaban J connectivity index is 5.41. The predicted octanol–water partition coefficient (Wildman–Crippen LogP) is 25.2. The third-order valence-electron chi connectivity index (χ3n) is 18.1. The van der Waals surface area contributed by atoms with Crippen molar-refractivity contribution in [2.24, 2.45) is 5.41 Å². The van der Waals surface area contributed by atoms with E-state index in [0.717, 1.165) is 77.0 Å². The molecular weight excluding hydrogens is 1050 g/mol. The average Bonchev–Trinajstić information content (AvgIpc) is 3.67. The fourth-order valence-corrected chi connectivity index (χ4v) is 12.1. The Hall–Kier alpha value is -2.12. The molecule has 8 nitrogen and oxygen atoms in total. The van der Waals surface area contributed by atoms with E-state index in [9.17, 15) is 19.2 Å². The molecule has 0 aliphatic carbocycles. The van der Waals surface area contributed by atoms with Gasteiger partial charge in [0.25, 0.3) is 0 Å². The van der Waals surface area contributed by atoms with Gasteiger partial charge in [0, 0.05) is 19.3 Å². The van der Waals surface area contributed by atoms with Crippen LogP contribution in [0.25, 0.3) is 0 Å². The Kier molecular flexibility index (Phi) is 67.6. The van der Waals surface area contributed by atoms with E-state index in [-0.39, 0.29) is 63.4 Å². The highest BCUT2D eigenvalue weighted by atomic mass is 16.6. The average molecular weight is 1200 g/mol. The van der Waals surface area contributed by atoms with Gasteiger partial charge in [0.05, 0.1) is 18.4 Å². The first kappa shape index (κ1) is 82.9. The van der Waals surface area contributed by atoms with Crippen molar-refractivity contribution < 1.29 is 38.1 Å². The summed E-state index contributed by atoms with van der Waals surface area (Å²) in [5.41, 5.74) is -1.24. The summed E-state index contributed by atoms with van der Waals surface area (Å²) in [6.45, 7) is 8.86. The first-order chi connectivity index (χ1) is 41.8. The molecule has 0 aromatic rings. The smallest absolute Gasteiger partial charge is 0.306 e. The van der Waals surface area contributed by atoms with Crippen molar-refractivity contribution in [1.82, 2.24) is 0 Å². The fraction of sp³-hybridized carbons (Fsp3) is 0.948. The summed E-state index contributed by atoms with van der Waals surface area (Å²) in [4.78, 5) is 54.0. The minimum atomic E-state index is -1.24. The summed E-state index contributed by atoms with van der Waals surface area (Å²) in [5.74, 6) is -1.45. The number of hydrogen-bond acceptors (Lipinski definition) is 8. The second-order valence-electron chi connectivity index (χ2n) is 26.9. The summed E-state index contributed by atoms with van der Waals surface area (Å²) in [6.07, 6.45) is 76.0. The second-order valence-corrected chi connectivity index (χ2v) is 26.9. The van der Waals surface area contributed by atoms with Gasteiger partial charge in [-0.15, -0.1) is 0 Å². The molecule has 0 atom stereocenters. The molecule has 85 heavy (non-hydrogen) atoms. The number of ether oxygens (including phenoxy) is 4. The fourth-order valence-electron chi connectivity index (χ4n) is 12.1. The summed E-state index contributed by atoms with van der Waals surface area (Å²) >= 11 is 0. The van der Waals surface area contributed by atoms with Crippen molar-refractivity contribution >= 4 is 23.9 Å². The lowest BCUT2D eigenvalue weighted by Gasteiger charge is -2.31. The highest BCUT2D eigenvalue weighted by Crippen LogP contribution is 2.28. The number of unbranched alkanes of at least 4 members (excludes halogenated alkanes) is 56. The molecule has 0 saturated heterocycles. The molecule has 0 bridgehead atoms. The van der Waals surface area contributed by atoms with Crippen molar-refractivity contribution in [3.63, 3.8) is 0 Å². The molecule has 0 fully saturated rings. The lowest BCUT2D eigenvalue weighted by atomic mass is 9.87.